The Kier molecular flexibility index (Phi) is 7.36. The molecule has 6 heteroatoms. The molecule has 0 spiro atoms. The molecule has 1 atom stereocenters. The molecule has 0 bridgehead atoms. The van der Waals surface area contributed by atoms with Crippen molar-refractivity contribution in [1.29, 1.82) is 0 Å². The molecule has 0 saturated heterocycles. The molecule has 170 valence electrons. The number of nitrogens with one attached hydrogen (secondary N) is 1. The molecule has 34 heavy (non-hydrogen) atoms. The van der Waals surface area contributed by atoms with Gasteiger partial charge in [-0.2, -0.15) is 0 Å². The Bertz CT molecular complexity index is 1200. The van der Waals surface area contributed by atoms with Gasteiger partial charge in [0.15, 0.2) is 0 Å². The van der Waals surface area contributed by atoms with Gasteiger partial charge in [-0.25, -0.2) is 4.79 Å². The van der Waals surface area contributed by atoms with Crippen LogP contribution in [0.25, 0.3) is 0 Å². The summed E-state index contributed by atoms with van der Waals surface area (Å²) in [5, 5.41) is 25.1. The number of benzene rings is 4. The van der Waals surface area contributed by atoms with Crippen molar-refractivity contribution < 1.29 is 19.8 Å². The number of amides is 1. The lowest BCUT2D eigenvalue weighted by molar-refractivity contribution is -0.139. The Morgan fingerprint density at radius 3 is 1.71 bits per heavy atom. The predicted octanol–water partition coefficient (Wildman–Crippen LogP) is 3.58. The summed E-state index contributed by atoms with van der Waals surface area (Å²) in [5.41, 5.74) is 1.11. The fourth-order valence-electron chi connectivity index (χ4n) is 3.67. The van der Waals surface area contributed by atoms with Crippen LogP contribution in [0.3, 0.4) is 0 Å². The molecule has 5 nitrogen and oxygen atoms in total. The second-order valence-corrected chi connectivity index (χ2v) is 10.0. The molecule has 0 radical (unpaired) electrons. The van der Waals surface area contributed by atoms with Gasteiger partial charge < -0.3 is 15.5 Å². The quantitative estimate of drug-likeness (QED) is 0.345. The van der Waals surface area contributed by atoms with Crippen molar-refractivity contribution in [2.75, 3.05) is 0 Å². The minimum atomic E-state index is -1.12. The number of phenolic OH excluding ortho intramolecular Hbond substituents is 1. The number of phenols is 1. The van der Waals surface area contributed by atoms with Crippen LogP contribution < -0.4 is 21.2 Å². The second-order valence-electron chi connectivity index (χ2n) is 7.79. The summed E-state index contributed by atoms with van der Waals surface area (Å²) in [6.07, 6.45) is 0.118. The number of carbonyl (C=O) groups is 2. The van der Waals surface area contributed by atoms with Crippen LogP contribution in [0.4, 0.5) is 0 Å². The molecular weight excluding hydrogens is 445 g/mol. The van der Waals surface area contributed by atoms with E-state index in [-0.39, 0.29) is 12.2 Å². The summed E-state index contributed by atoms with van der Waals surface area (Å²) in [6.45, 7) is 0. The highest BCUT2D eigenvalue weighted by atomic mass is 31.1. The number of carbonyl (C=O) groups excluding carboxylic acids is 1. The summed E-state index contributed by atoms with van der Waals surface area (Å²) in [7, 11) is -0.787. The summed E-state index contributed by atoms with van der Waals surface area (Å²) >= 11 is 0. The minimum Gasteiger partial charge on any atom is -0.508 e. The van der Waals surface area contributed by atoms with Crippen LogP contribution >= 0.6 is 7.92 Å². The molecule has 0 aliphatic carbocycles. The van der Waals surface area contributed by atoms with Crippen LogP contribution in [0.15, 0.2) is 109 Å². The number of rotatable bonds is 8. The summed E-state index contributed by atoms with van der Waals surface area (Å²) in [4.78, 5) is 24.5. The zero-order valence-corrected chi connectivity index (χ0v) is 19.2. The van der Waals surface area contributed by atoms with Gasteiger partial charge in [0.2, 0.25) is 0 Å². The van der Waals surface area contributed by atoms with E-state index in [1.54, 1.807) is 24.3 Å². The van der Waals surface area contributed by atoms with E-state index < -0.39 is 25.8 Å². The number of hydrogen-bond acceptors (Lipinski definition) is 3. The van der Waals surface area contributed by atoms with Gasteiger partial charge in [-0.15, -0.1) is 0 Å². The molecule has 4 aromatic rings. The van der Waals surface area contributed by atoms with Crippen molar-refractivity contribution >= 4 is 35.7 Å². The Morgan fingerprint density at radius 1 is 0.706 bits per heavy atom. The maximum Gasteiger partial charge on any atom is 0.326 e. The van der Waals surface area contributed by atoms with Crippen molar-refractivity contribution in [3.05, 3.63) is 120 Å². The minimum absolute atomic E-state index is 0.103. The van der Waals surface area contributed by atoms with E-state index in [1.165, 1.54) is 22.7 Å². The highest BCUT2D eigenvalue weighted by Gasteiger charge is 2.22. The van der Waals surface area contributed by atoms with Crippen molar-refractivity contribution in [1.82, 2.24) is 5.32 Å². The number of aliphatic carboxylic acids is 1. The SMILES string of the molecule is O=C(N[C@H](Cc1ccc(O)cc1)C(=O)O)c1ccc(P(c2ccccc2)c2ccccc2)cc1. The lowest BCUT2D eigenvalue weighted by atomic mass is 10.1. The third-order valence-electron chi connectivity index (χ3n) is 5.40. The van der Waals surface area contributed by atoms with Crippen LogP contribution in [0.5, 0.6) is 5.75 Å². The maximum absolute atomic E-state index is 12.8. The van der Waals surface area contributed by atoms with Crippen LogP contribution in [0.2, 0.25) is 0 Å². The Hall–Kier alpha value is -3.95. The van der Waals surface area contributed by atoms with Gasteiger partial charge in [0.05, 0.1) is 0 Å². The number of hydrogen-bond donors (Lipinski definition) is 3. The van der Waals surface area contributed by atoms with Gasteiger partial charge in [-0.1, -0.05) is 84.9 Å². The second kappa shape index (κ2) is 10.8. The number of carboxylic acid groups (broad SMARTS) is 1. The Labute approximate surface area is 199 Å². The van der Waals surface area contributed by atoms with Crippen molar-refractivity contribution in [3.63, 3.8) is 0 Å². The number of aromatic hydroxyl groups is 1. The smallest absolute Gasteiger partial charge is 0.326 e. The molecule has 1 amide bonds. The predicted molar refractivity (Wildman–Crippen MR) is 136 cm³/mol. The largest absolute Gasteiger partial charge is 0.508 e. The molecule has 0 unspecified atom stereocenters. The average molecular weight is 469 g/mol. The van der Waals surface area contributed by atoms with Crippen molar-refractivity contribution in [2.24, 2.45) is 0 Å². The zero-order valence-electron chi connectivity index (χ0n) is 18.3. The first kappa shape index (κ1) is 23.2. The Balaban J connectivity index is 1.53. The zero-order chi connectivity index (χ0) is 23.9. The molecule has 3 N–H and O–H groups in total. The molecule has 0 aliphatic heterocycles. The standard InChI is InChI=1S/C28H24NO4P/c30-22-15-11-20(12-16-22)19-26(28(32)33)29-27(31)21-13-17-25(18-14-21)34(23-7-3-1-4-8-23)24-9-5-2-6-10-24/h1-18,26,30H,19H2,(H,29,31)(H,32,33)/t26-/m1/s1. The molecule has 0 aromatic heterocycles. The normalized spacial score (nSPS) is 11.7. The van der Waals surface area contributed by atoms with E-state index in [0.717, 1.165) is 5.30 Å². The molecular formula is C28H24NO4P. The maximum atomic E-state index is 12.8. The molecule has 0 heterocycles. The molecule has 4 rings (SSSR count). The van der Waals surface area contributed by atoms with Gasteiger partial charge in [0.1, 0.15) is 11.8 Å². The van der Waals surface area contributed by atoms with E-state index in [4.69, 9.17) is 0 Å². The third kappa shape index (κ3) is 5.69. The van der Waals surface area contributed by atoms with Crippen LogP contribution in [-0.2, 0) is 11.2 Å². The summed E-state index contributed by atoms with van der Waals surface area (Å²) < 4.78 is 0. The fraction of sp³-hybridized carbons (Fsp3) is 0.0714. The fourth-order valence-corrected chi connectivity index (χ4v) is 5.95. The van der Waals surface area contributed by atoms with E-state index >= 15 is 0 Å². The highest BCUT2D eigenvalue weighted by Crippen LogP contribution is 2.32. The molecule has 4 aromatic carbocycles. The van der Waals surface area contributed by atoms with E-state index in [2.05, 4.69) is 29.6 Å². The van der Waals surface area contributed by atoms with Crippen LogP contribution in [0, 0.1) is 0 Å². The van der Waals surface area contributed by atoms with Gasteiger partial charge in [-0.05, 0) is 53.7 Å². The molecule has 0 aliphatic rings. The number of carboxylic acids is 1. The van der Waals surface area contributed by atoms with E-state index in [9.17, 15) is 19.8 Å². The van der Waals surface area contributed by atoms with Gasteiger partial charge >= 0.3 is 5.97 Å². The lowest BCUT2D eigenvalue weighted by Crippen LogP contribution is -2.42. The van der Waals surface area contributed by atoms with Gasteiger partial charge in [-0.3, -0.25) is 4.79 Å². The monoisotopic (exact) mass is 469 g/mol. The topological polar surface area (TPSA) is 86.6 Å². The van der Waals surface area contributed by atoms with Gasteiger partial charge in [0.25, 0.3) is 5.91 Å². The molecule has 0 saturated carbocycles. The van der Waals surface area contributed by atoms with Gasteiger partial charge in [0, 0.05) is 12.0 Å². The molecule has 0 fully saturated rings. The first-order chi connectivity index (χ1) is 16.5. The first-order valence-corrected chi connectivity index (χ1v) is 12.2. The summed E-state index contributed by atoms with van der Waals surface area (Å²) in [5.74, 6) is -1.46. The third-order valence-corrected chi connectivity index (χ3v) is 7.84. The van der Waals surface area contributed by atoms with Crippen LogP contribution in [-0.4, -0.2) is 28.1 Å². The van der Waals surface area contributed by atoms with Crippen molar-refractivity contribution in [3.8, 4) is 5.75 Å². The van der Waals surface area contributed by atoms with E-state index in [1.807, 2.05) is 48.5 Å². The van der Waals surface area contributed by atoms with Crippen molar-refractivity contribution in [2.45, 2.75) is 12.5 Å². The first-order valence-electron chi connectivity index (χ1n) is 10.8. The average Bonchev–Trinajstić information content (AvgIpc) is 2.87. The van der Waals surface area contributed by atoms with E-state index in [0.29, 0.717) is 11.1 Å². The Morgan fingerprint density at radius 2 is 1.21 bits per heavy atom. The highest BCUT2D eigenvalue weighted by molar-refractivity contribution is 7.79. The lowest BCUT2D eigenvalue weighted by Gasteiger charge is -2.20. The summed E-state index contributed by atoms with van der Waals surface area (Å²) in [6, 6.07) is 33.1. The van der Waals surface area contributed by atoms with Crippen LogP contribution in [0.1, 0.15) is 15.9 Å².